The molecule has 96 valence electrons. The van der Waals surface area contributed by atoms with Crippen LogP contribution in [0.2, 0.25) is 0 Å². The summed E-state index contributed by atoms with van der Waals surface area (Å²) in [5.74, 6) is 1.56. The summed E-state index contributed by atoms with van der Waals surface area (Å²) in [6, 6.07) is 0. The zero-order chi connectivity index (χ0) is 12.0. The minimum atomic E-state index is -2.83. The van der Waals surface area contributed by atoms with Crippen LogP contribution in [-0.4, -0.2) is 25.3 Å². The summed E-state index contributed by atoms with van der Waals surface area (Å²) in [6.07, 6.45) is 6.75. The normalized spacial score (nSPS) is 20.1. The van der Waals surface area contributed by atoms with Gasteiger partial charge in [0.1, 0.15) is 0 Å². The average Bonchev–Trinajstić information content (AvgIpc) is 2.68. The molecule has 1 fully saturated rings. The lowest BCUT2D eigenvalue weighted by Gasteiger charge is -2.15. The Labute approximate surface area is 108 Å². The van der Waals surface area contributed by atoms with Crippen molar-refractivity contribution >= 4 is 25.8 Å². The van der Waals surface area contributed by atoms with E-state index in [-0.39, 0.29) is 0 Å². The Bertz CT molecular complexity index is 281. The van der Waals surface area contributed by atoms with Gasteiger partial charge < -0.3 is 0 Å². The maximum absolute atomic E-state index is 12.0. The van der Waals surface area contributed by atoms with Crippen LogP contribution in [0.15, 0.2) is 0 Å². The van der Waals surface area contributed by atoms with E-state index in [9.17, 15) is 8.42 Å². The Kier molecular flexibility index (Phi) is 6.34. The molecule has 0 aromatic heterocycles. The second kappa shape index (κ2) is 7.00. The molecule has 1 rings (SSSR count). The van der Waals surface area contributed by atoms with Gasteiger partial charge >= 0.3 is 0 Å². The van der Waals surface area contributed by atoms with Crippen LogP contribution in [0, 0.1) is 11.8 Å². The van der Waals surface area contributed by atoms with E-state index in [1.165, 1.54) is 12.8 Å². The number of hydrogen-bond acceptors (Lipinski definition) is 2. The minimum absolute atomic E-state index is 0.302. The summed E-state index contributed by atoms with van der Waals surface area (Å²) in [6.45, 7) is 2.11. The van der Waals surface area contributed by atoms with E-state index in [0.29, 0.717) is 23.3 Å². The van der Waals surface area contributed by atoms with Crippen LogP contribution >= 0.6 is 15.9 Å². The molecule has 0 aromatic carbocycles. The highest BCUT2D eigenvalue weighted by atomic mass is 79.9. The van der Waals surface area contributed by atoms with Crippen LogP contribution in [0.4, 0.5) is 0 Å². The fourth-order valence-corrected chi connectivity index (χ4v) is 5.62. The Morgan fingerprint density at radius 3 is 2.44 bits per heavy atom. The molecule has 4 heteroatoms. The number of rotatable bonds is 7. The topological polar surface area (TPSA) is 34.1 Å². The summed E-state index contributed by atoms with van der Waals surface area (Å²) >= 11 is 3.42. The van der Waals surface area contributed by atoms with Crippen LogP contribution in [-0.2, 0) is 9.84 Å². The third-order valence-corrected chi connectivity index (χ3v) is 6.24. The summed E-state index contributed by atoms with van der Waals surface area (Å²) < 4.78 is 24.0. The molecule has 1 aliphatic carbocycles. The van der Waals surface area contributed by atoms with Gasteiger partial charge in [0.25, 0.3) is 0 Å². The van der Waals surface area contributed by atoms with Gasteiger partial charge in [-0.2, -0.15) is 0 Å². The molecule has 16 heavy (non-hydrogen) atoms. The highest BCUT2D eigenvalue weighted by molar-refractivity contribution is 9.09. The van der Waals surface area contributed by atoms with Crippen molar-refractivity contribution < 1.29 is 8.42 Å². The molecule has 0 bridgehead atoms. The predicted octanol–water partition coefficient (Wildman–Crippen LogP) is 3.40. The standard InChI is InChI=1S/C12H23BrO2S/c1-2-5-12(8-13)10-16(14,15)9-11-6-3-4-7-11/h11-12H,2-10H2,1H3. The van der Waals surface area contributed by atoms with Gasteiger partial charge in [-0.3, -0.25) is 0 Å². The number of alkyl halides is 1. The molecule has 1 aliphatic rings. The van der Waals surface area contributed by atoms with E-state index < -0.39 is 9.84 Å². The molecule has 1 atom stereocenters. The first-order valence-corrected chi connectivity index (χ1v) is 9.28. The lowest BCUT2D eigenvalue weighted by Crippen LogP contribution is -2.23. The maximum Gasteiger partial charge on any atom is 0.150 e. The van der Waals surface area contributed by atoms with Crippen molar-refractivity contribution in [1.29, 1.82) is 0 Å². The Balaban J connectivity index is 2.42. The van der Waals surface area contributed by atoms with Crippen molar-refractivity contribution in [3.63, 3.8) is 0 Å². The van der Waals surface area contributed by atoms with Crippen molar-refractivity contribution in [1.82, 2.24) is 0 Å². The highest BCUT2D eigenvalue weighted by Crippen LogP contribution is 2.27. The molecule has 0 radical (unpaired) electrons. The molecule has 0 N–H and O–H groups in total. The van der Waals surface area contributed by atoms with Gasteiger partial charge in [-0.05, 0) is 31.1 Å². The predicted molar refractivity (Wildman–Crippen MR) is 72.8 cm³/mol. The third-order valence-electron chi connectivity index (χ3n) is 3.37. The number of hydrogen-bond donors (Lipinski definition) is 0. The van der Waals surface area contributed by atoms with Crippen LogP contribution in [0.5, 0.6) is 0 Å². The van der Waals surface area contributed by atoms with Gasteiger partial charge in [0, 0.05) is 5.33 Å². The SMILES string of the molecule is CCCC(CBr)CS(=O)(=O)CC1CCCC1. The van der Waals surface area contributed by atoms with E-state index in [0.717, 1.165) is 31.0 Å². The van der Waals surface area contributed by atoms with Crippen LogP contribution < -0.4 is 0 Å². The second-order valence-electron chi connectivity index (χ2n) is 5.04. The van der Waals surface area contributed by atoms with Crippen molar-refractivity contribution in [2.24, 2.45) is 11.8 Å². The largest absolute Gasteiger partial charge is 0.229 e. The van der Waals surface area contributed by atoms with Crippen molar-refractivity contribution in [3.05, 3.63) is 0 Å². The lowest BCUT2D eigenvalue weighted by molar-refractivity contribution is 0.532. The molecule has 0 aromatic rings. The van der Waals surface area contributed by atoms with Crippen LogP contribution in [0.3, 0.4) is 0 Å². The Hall–Kier alpha value is 0.430. The van der Waals surface area contributed by atoms with E-state index in [4.69, 9.17) is 0 Å². The Morgan fingerprint density at radius 2 is 1.94 bits per heavy atom. The van der Waals surface area contributed by atoms with Crippen LogP contribution in [0.25, 0.3) is 0 Å². The van der Waals surface area contributed by atoms with Gasteiger partial charge in [-0.1, -0.05) is 42.1 Å². The van der Waals surface area contributed by atoms with Crippen molar-refractivity contribution in [2.75, 3.05) is 16.8 Å². The fraction of sp³-hybridized carbons (Fsp3) is 1.00. The van der Waals surface area contributed by atoms with E-state index in [1.807, 2.05) is 0 Å². The van der Waals surface area contributed by atoms with Crippen LogP contribution in [0.1, 0.15) is 45.4 Å². The molecule has 0 heterocycles. The molecule has 2 nitrogen and oxygen atoms in total. The zero-order valence-corrected chi connectivity index (χ0v) is 12.5. The lowest BCUT2D eigenvalue weighted by atomic mass is 10.1. The quantitative estimate of drug-likeness (QED) is 0.675. The van der Waals surface area contributed by atoms with Gasteiger partial charge in [-0.15, -0.1) is 0 Å². The molecule has 0 spiro atoms. The molecule has 1 unspecified atom stereocenters. The third kappa shape index (κ3) is 5.17. The zero-order valence-electron chi connectivity index (χ0n) is 10.1. The molecular weight excluding hydrogens is 288 g/mol. The average molecular weight is 311 g/mol. The van der Waals surface area contributed by atoms with Gasteiger partial charge in [0.2, 0.25) is 0 Å². The summed E-state index contributed by atoms with van der Waals surface area (Å²) in [5, 5.41) is 0.810. The molecule has 1 saturated carbocycles. The smallest absolute Gasteiger partial charge is 0.150 e. The summed E-state index contributed by atoms with van der Waals surface area (Å²) in [4.78, 5) is 0. The van der Waals surface area contributed by atoms with Gasteiger partial charge in [-0.25, -0.2) is 8.42 Å². The first-order chi connectivity index (χ1) is 7.57. The van der Waals surface area contributed by atoms with Crippen molar-refractivity contribution in [3.8, 4) is 0 Å². The minimum Gasteiger partial charge on any atom is -0.229 e. The van der Waals surface area contributed by atoms with E-state index in [2.05, 4.69) is 22.9 Å². The number of halogens is 1. The summed E-state index contributed by atoms with van der Waals surface area (Å²) in [7, 11) is -2.83. The summed E-state index contributed by atoms with van der Waals surface area (Å²) in [5.41, 5.74) is 0. The maximum atomic E-state index is 12.0. The molecule has 0 amide bonds. The van der Waals surface area contributed by atoms with E-state index >= 15 is 0 Å². The molecule has 0 aliphatic heterocycles. The van der Waals surface area contributed by atoms with Gasteiger partial charge in [0.05, 0.1) is 11.5 Å². The van der Waals surface area contributed by atoms with Crippen molar-refractivity contribution in [2.45, 2.75) is 45.4 Å². The Morgan fingerprint density at radius 1 is 1.31 bits per heavy atom. The first-order valence-electron chi connectivity index (χ1n) is 6.33. The number of sulfone groups is 1. The highest BCUT2D eigenvalue weighted by Gasteiger charge is 2.24. The molecular formula is C12H23BrO2S. The first kappa shape index (κ1) is 14.5. The van der Waals surface area contributed by atoms with E-state index in [1.54, 1.807) is 0 Å². The second-order valence-corrected chi connectivity index (χ2v) is 7.84. The monoisotopic (exact) mass is 310 g/mol. The molecule has 0 saturated heterocycles. The fourth-order valence-electron chi connectivity index (χ4n) is 2.58. The van der Waals surface area contributed by atoms with Gasteiger partial charge in [0.15, 0.2) is 9.84 Å².